The fourth-order valence-corrected chi connectivity index (χ4v) is 2.43. The standard InChI is InChI=1S/C15H17F3O3/c1-9-2-4-10(5-3-9)14(19)20-11-6-7-13(12(16)8-11)21-15(17)18/h6-10,15H,2-5H2,1H3. The lowest BCUT2D eigenvalue weighted by molar-refractivity contribution is -0.140. The van der Waals surface area contributed by atoms with Crippen LogP contribution < -0.4 is 9.47 Å². The summed E-state index contributed by atoms with van der Waals surface area (Å²) in [7, 11) is 0. The number of carbonyl (C=O) groups is 1. The zero-order valence-corrected chi connectivity index (χ0v) is 11.7. The predicted octanol–water partition coefficient (Wildman–Crippen LogP) is 4.16. The van der Waals surface area contributed by atoms with Crippen molar-refractivity contribution in [3.8, 4) is 11.5 Å². The molecule has 1 aliphatic carbocycles. The van der Waals surface area contributed by atoms with E-state index in [0.717, 1.165) is 37.8 Å². The number of hydrogen-bond acceptors (Lipinski definition) is 3. The summed E-state index contributed by atoms with van der Waals surface area (Å²) >= 11 is 0. The van der Waals surface area contributed by atoms with E-state index in [2.05, 4.69) is 11.7 Å². The van der Waals surface area contributed by atoms with E-state index in [4.69, 9.17) is 4.74 Å². The van der Waals surface area contributed by atoms with Crippen LogP contribution in [-0.2, 0) is 4.79 Å². The van der Waals surface area contributed by atoms with Crippen molar-refractivity contribution >= 4 is 5.97 Å². The lowest BCUT2D eigenvalue weighted by Gasteiger charge is -2.24. The summed E-state index contributed by atoms with van der Waals surface area (Å²) in [6, 6.07) is 3.14. The Bertz CT molecular complexity index is 497. The number of hydrogen-bond donors (Lipinski definition) is 0. The fraction of sp³-hybridized carbons (Fsp3) is 0.533. The zero-order chi connectivity index (χ0) is 15.4. The molecule has 0 saturated heterocycles. The van der Waals surface area contributed by atoms with Crippen molar-refractivity contribution in [1.29, 1.82) is 0 Å². The van der Waals surface area contributed by atoms with E-state index in [9.17, 15) is 18.0 Å². The number of esters is 1. The zero-order valence-electron chi connectivity index (χ0n) is 11.7. The highest BCUT2D eigenvalue weighted by Crippen LogP contribution is 2.30. The second-order valence-electron chi connectivity index (χ2n) is 5.35. The number of benzene rings is 1. The van der Waals surface area contributed by atoms with Gasteiger partial charge in [0.15, 0.2) is 11.6 Å². The maximum absolute atomic E-state index is 13.5. The first-order valence-corrected chi connectivity index (χ1v) is 6.91. The third-order valence-electron chi connectivity index (χ3n) is 3.69. The summed E-state index contributed by atoms with van der Waals surface area (Å²) in [5, 5.41) is 0. The quantitative estimate of drug-likeness (QED) is 0.619. The first kappa shape index (κ1) is 15.7. The average Bonchev–Trinajstić information content (AvgIpc) is 2.42. The lowest BCUT2D eigenvalue weighted by atomic mass is 9.83. The van der Waals surface area contributed by atoms with Crippen LogP contribution in [0, 0.1) is 17.7 Å². The minimum atomic E-state index is -3.10. The van der Waals surface area contributed by atoms with E-state index in [1.807, 2.05) is 0 Å². The first-order chi connectivity index (χ1) is 9.95. The van der Waals surface area contributed by atoms with Gasteiger partial charge in [0.2, 0.25) is 0 Å². The molecule has 1 aromatic carbocycles. The van der Waals surface area contributed by atoms with Gasteiger partial charge in [-0.3, -0.25) is 4.79 Å². The highest BCUT2D eigenvalue weighted by Gasteiger charge is 2.26. The topological polar surface area (TPSA) is 35.5 Å². The van der Waals surface area contributed by atoms with Gasteiger partial charge in [0, 0.05) is 6.07 Å². The Morgan fingerprint density at radius 1 is 1.24 bits per heavy atom. The number of alkyl halides is 2. The monoisotopic (exact) mass is 302 g/mol. The van der Waals surface area contributed by atoms with Crippen molar-refractivity contribution in [2.45, 2.75) is 39.2 Å². The van der Waals surface area contributed by atoms with Gasteiger partial charge in [-0.25, -0.2) is 4.39 Å². The molecule has 0 aromatic heterocycles. The molecule has 0 unspecified atom stereocenters. The van der Waals surface area contributed by atoms with E-state index in [1.165, 1.54) is 6.07 Å². The Kier molecular flexibility index (Phi) is 5.09. The van der Waals surface area contributed by atoms with Crippen molar-refractivity contribution in [3.63, 3.8) is 0 Å². The Balaban J connectivity index is 1.96. The molecule has 3 nitrogen and oxygen atoms in total. The van der Waals surface area contributed by atoms with Crippen LogP contribution >= 0.6 is 0 Å². The largest absolute Gasteiger partial charge is 0.432 e. The maximum atomic E-state index is 13.5. The number of ether oxygens (including phenoxy) is 2. The Morgan fingerprint density at radius 3 is 2.48 bits per heavy atom. The molecule has 0 N–H and O–H groups in total. The molecule has 1 aliphatic rings. The third-order valence-corrected chi connectivity index (χ3v) is 3.69. The van der Waals surface area contributed by atoms with Crippen molar-refractivity contribution in [3.05, 3.63) is 24.0 Å². The highest BCUT2D eigenvalue weighted by atomic mass is 19.3. The van der Waals surface area contributed by atoms with Crippen LogP contribution in [0.5, 0.6) is 11.5 Å². The van der Waals surface area contributed by atoms with Gasteiger partial charge in [-0.2, -0.15) is 8.78 Å². The molecule has 1 fully saturated rings. The molecular weight excluding hydrogens is 285 g/mol. The molecular formula is C15H17F3O3. The Labute approximate surface area is 121 Å². The minimum absolute atomic E-state index is 0.00209. The van der Waals surface area contributed by atoms with Crippen molar-refractivity contribution in [2.75, 3.05) is 0 Å². The summed E-state index contributed by atoms with van der Waals surface area (Å²) < 4.78 is 46.6. The van der Waals surface area contributed by atoms with Crippen LogP contribution in [0.25, 0.3) is 0 Å². The van der Waals surface area contributed by atoms with Crippen molar-refractivity contribution < 1.29 is 27.4 Å². The summed E-state index contributed by atoms with van der Waals surface area (Å²) in [6.45, 7) is -0.962. The van der Waals surface area contributed by atoms with E-state index < -0.39 is 24.1 Å². The summed E-state index contributed by atoms with van der Waals surface area (Å²) in [5.41, 5.74) is 0. The summed E-state index contributed by atoms with van der Waals surface area (Å²) in [5.74, 6) is -1.53. The predicted molar refractivity (Wildman–Crippen MR) is 69.8 cm³/mol. The number of rotatable bonds is 4. The number of halogens is 3. The molecule has 1 saturated carbocycles. The van der Waals surface area contributed by atoms with E-state index in [0.29, 0.717) is 5.92 Å². The molecule has 0 spiro atoms. The number of carbonyl (C=O) groups excluding carboxylic acids is 1. The van der Waals surface area contributed by atoms with Gasteiger partial charge in [0.1, 0.15) is 5.75 Å². The SMILES string of the molecule is CC1CCC(C(=O)Oc2ccc(OC(F)F)c(F)c2)CC1. The van der Waals surface area contributed by atoms with Gasteiger partial charge in [-0.05, 0) is 43.7 Å². The van der Waals surface area contributed by atoms with Gasteiger partial charge in [0.05, 0.1) is 5.92 Å². The van der Waals surface area contributed by atoms with Gasteiger partial charge in [0.25, 0.3) is 0 Å². The Morgan fingerprint density at radius 2 is 1.90 bits per heavy atom. The second kappa shape index (κ2) is 6.83. The van der Waals surface area contributed by atoms with E-state index in [1.54, 1.807) is 0 Å². The fourth-order valence-electron chi connectivity index (χ4n) is 2.43. The van der Waals surface area contributed by atoms with Crippen LogP contribution in [0.1, 0.15) is 32.6 Å². The van der Waals surface area contributed by atoms with Gasteiger partial charge in [-0.15, -0.1) is 0 Å². The van der Waals surface area contributed by atoms with Gasteiger partial charge in [-0.1, -0.05) is 6.92 Å². The molecule has 0 heterocycles. The molecule has 0 bridgehead atoms. The molecule has 0 aliphatic heterocycles. The van der Waals surface area contributed by atoms with Gasteiger partial charge < -0.3 is 9.47 Å². The molecule has 0 amide bonds. The molecule has 116 valence electrons. The average molecular weight is 302 g/mol. The van der Waals surface area contributed by atoms with Crippen LogP contribution in [0.2, 0.25) is 0 Å². The van der Waals surface area contributed by atoms with Crippen molar-refractivity contribution in [2.24, 2.45) is 11.8 Å². The summed E-state index contributed by atoms with van der Waals surface area (Å²) in [4.78, 5) is 12.0. The highest BCUT2D eigenvalue weighted by molar-refractivity contribution is 5.75. The minimum Gasteiger partial charge on any atom is -0.432 e. The van der Waals surface area contributed by atoms with Crippen LogP contribution in [-0.4, -0.2) is 12.6 Å². The Hall–Kier alpha value is -1.72. The normalized spacial score (nSPS) is 22.1. The second-order valence-corrected chi connectivity index (χ2v) is 5.35. The van der Waals surface area contributed by atoms with Crippen LogP contribution in [0.3, 0.4) is 0 Å². The van der Waals surface area contributed by atoms with Crippen LogP contribution in [0.15, 0.2) is 18.2 Å². The van der Waals surface area contributed by atoms with E-state index in [-0.39, 0.29) is 11.7 Å². The van der Waals surface area contributed by atoms with Crippen molar-refractivity contribution in [1.82, 2.24) is 0 Å². The molecule has 0 radical (unpaired) electrons. The summed E-state index contributed by atoms with van der Waals surface area (Å²) in [6.07, 6.45) is 3.45. The lowest BCUT2D eigenvalue weighted by Crippen LogP contribution is -2.25. The van der Waals surface area contributed by atoms with Crippen LogP contribution in [0.4, 0.5) is 13.2 Å². The molecule has 1 aromatic rings. The van der Waals surface area contributed by atoms with Gasteiger partial charge >= 0.3 is 12.6 Å². The third kappa shape index (κ3) is 4.37. The molecule has 6 heteroatoms. The molecule has 21 heavy (non-hydrogen) atoms. The smallest absolute Gasteiger partial charge is 0.387 e. The molecule has 2 rings (SSSR count). The first-order valence-electron chi connectivity index (χ1n) is 6.91. The molecule has 0 atom stereocenters. The van der Waals surface area contributed by atoms with E-state index >= 15 is 0 Å². The maximum Gasteiger partial charge on any atom is 0.387 e.